The van der Waals surface area contributed by atoms with E-state index in [1.807, 2.05) is 48.6 Å². The fourth-order valence-corrected chi connectivity index (χ4v) is 2.94. The van der Waals surface area contributed by atoms with Crippen LogP contribution in [0.25, 0.3) is 46.4 Å². The molecule has 2 N–H and O–H groups in total. The van der Waals surface area contributed by atoms with Crippen LogP contribution in [0.1, 0.15) is 22.8 Å². The van der Waals surface area contributed by atoms with E-state index >= 15 is 0 Å². The molecule has 0 aromatic carbocycles. The molecule has 1 unspecified atom stereocenters. The maximum absolute atomic E-state index is 4.63. The van der Waals surface area contributed by atoms with Crippen molar-refractivity contribution in [2.75, 3.05) is 0 Å². The van der Waals surface area contributed by atoms with Crippen LogP contribution in [0.2, 0.25) is 0 Å². The minimum atomic E-state index is 0. The van der Waals surface area contributed by atoms with Crippen molar-refractivity contribution in [3.05, 3.63) is 71.3 Å². The number of H-pyrrole nitrogens is 2. The summed E-state index contributed by atoms with van der Waals surface area (Å²) in [5, 5.41) is 0. The molecular formula is C20H20GaN4P. The Kier molecular flexibility index (Phi) is 5.32. The van der Waals surface area contributed by atoms with Crippen molar-refractivity contribution in [3.8, 4) is 0 Å². The number of rotatable bonds is 0. The van der Waals surface area contributed by atoms with Gasteiger partial charge in [-0.15, -0.1) is 0 Å². The molecule has 3 aromatic rings. The standard InChI is InChI=1S/C20H14N4.Ga.H3P.3H/c1-2-14-10-16-5-6-18(23-16)12-20-8-7-19(24-20)11-17-4-3-15(22-17)9-13(1)21-14;;;;;/h1-12,21,24H;;1H3;;;. The average molecular weight is 417 g/mol. The van der Waals surface area contributed by atoms with Crippen LogP contribution in [0, 0.1) is 0 Å². The minimum absolute atomic E-state index is 0. The van der Waals surface area contributed by atoms with Crippen molar-refractivity contribution < 1.29 is 0 Å². The zero-order valence-corrected chi connectivity index (χ0v) is 14.9. The molecule has 4 nitrogen and oxygen atoms in total. The van der Waals surface area contributed by atoms with Gasteiger partial charge in [-0.3, -0.25) is 0 Å². The van der Waals surface area contributed by atoms with Crippen LogP contribution in [0.4, 0.5) is 0 Å². The third-order valence-electron chi connectivity index (χ3n) is 4.04. The molecule has 0 aliphatic carbocycles. The van der Waals surface area contributed by atoms with Crippen LogP contribution in [0.15, 0.2) is 48.5 Å². The van der Waals surface area contributed by atoms with Crippen molar-refractivity contribution in [2.24, 2.45) is 0 Å². The zero-order chi connectivity index (χ0) is 15.9. The monoisotopic (exact) mass is 416 g/mol. The number of aromatic nitrogens is 4. The van der Waals surface area contributed by atoms with Crippen LogP contribution >= 0.6 is 9.90 Å². The van der Waals surface area contributed by atoms with Crippen LogP contribution < -0.4 is 0 Å². The zero-order valence-electron chi connectivity index (χ0n) is 13.5. The first-order valence-electron chi connectivity index (χ1n) is 7.85. The summed E-state index contributed by atoms with van der Waals surface area (Å²) >= 11 is 0. The molecule has 0 fully saturated rings. The van der Waals surface area contributed by atoms with Gasteiger partial charge in [-0.2, -0.15) is 9.90 Å². The van der Waals surface area contributed by atoms with Gasteiger partial charge in [0.1, 0.15) is 0 Å². The molecule has 0 saturated heterocycles. The molecule has 0 radical (unpaired) electrons. The molecule has 128 valence electrons. The Morgan fingerprint density at radius 3 is 1.04 bits per heavy atom. The molecule has 0 spiro atoms. The predicted octanol–water partition coefficient (Wildman–Crippen LogP) is 3.53. The first-order valence-corrected chi connectivity index (χ1v) is 7.85. The summed E-state index contributed by atoms with van der Waals surface area (Å²) in [6.07, 6.45) is 8.09. The fraction of sp³-hybridized carbons (Fsp3) is 0. The summed E-state index contributed by atoms with van der Waals surface area (Å²) in [5.74, 6) is 0. The number of aromatic amines is 2. The Hall–Kier alpha value is -2.33. The van der Waals surface area contributed by atoms with E-state index in [0.29, 0.717) is 0 Å². The third-order valence-corrected chi connectivity index (χ3v) is 4.04. The number of hydrogen-bond acceptors (Lipinski definition) is 2. The molecule has 1 atom stereocenters. The van der Waals surface area contributed by atoms with E-state index in [2.05, 4.69) is 44.2 Å². The summed E-state index contributed by atoms with van der Waals surface area (Å²) in [6, 6.07) is 16.4. The van der Waals surface area contributed by atoms with Gasteiger partial charge < -0.3 is 9.97 Å². The topological polar surface area (TPSA) is 57.4 Å². The second kappa shape index (κ2) is 7.50. The van der Waals surface area contributed by atoms with E-state index < -0.39 is 0 Å². The van der Waals surface area contributed by atoms with Gasteiger partial charge in [0.25, 0.3) is 0 Å². The second-order valence-corrected chi connectivity index (χ2v) is 5.91. The van der Waals surface area contributed by atoms with Gasteiger partial charge in [0.2, 0.25) is 0 Å². The van der Waals surface area contributed by atoms with E-state index in [0.717, 1.165) is 44.8 Å². The molecule has 0 amide bonds. The van der Waals surface area contributed by atoms with Gasteiger partial charge in [-0.05, 0) is 72.8 Å². The number of nitrogens with zero attached hydrogens (tertiary/aromatic N) is 2. The molecule has 2 aliphatic heterocycles. The van der Waals surface area contributed by atoms with E-state index in [-0.39, 0.29) is 29.7 Å². The Bertz CT molecular complexity index is 996. The van der Waals surface area contributed by atoms with Gasteiger partial charge >= 0.3 is 19.8 Å². The van der Waals surface area contributed by atoms with Crippen molar-refractivity contribution in [1.29, 1.82) is 0 Å². The van der Waals surface area contributed by atoms with E-state index in [4.69, 9.17) is 0 Å². The first kappa shape index (κ1) is 18.5. The van der Waals surface area contributed by atoms with Gasteiger partial charge in [0.05, 0.1) is 22.8 Å². The molecule has 5 heterocycles. The van der Waals surface area contributed by atoms with Crippen molar-refractivity contribution >= 4 is 76.1 Å². The normalized spacial score (nSPS) is 11.7. The van der Waals surface area contributed by atoms with Gasteiger partial charge in [-0.1, -0.05) is 0 Å². The second-order valence-electron chi connectivity index (χ2n) is 5.91. The molecule has 26 heavy (non-hydrogen) atoms. The summed E-state index contributed by atoms with van der Waals surface area (Å²) in [4.78, 5) is 16.0. The van der Waals surface area contributed by atoms with Gasteiger partial charge in [0.15, 0.2) is 0 Å². The summed E-state index contributed by atoms with van der Waals surface area (Å²) in [7, 11) is 0. The predicted molar refractivity (Wildman–Crippen MR) is 120 cm³/mol. The van der Waals surface area contributed by atoms with Crippen LogP contribution in [-0.4, -0.2) is 39.7 Å². The van der Waals surface area contributed by atoms with Crippen LogP contribution in [0.3, 0.4) is 0 Å². The SMILES string of the molecule is C1=Cc2cc3ccc(cc4nc(cc5ccc(cc1n2)[nH]5)C=C4)[nH]3.P.[GaH3]. The molecule has 5 rings (SSSR count). The van der Waals surface area contributed by atoms with E-state index in [9.17, 15) is 0 Å². The Morgan fingerprint density at radius 2 is 0.769 bits per heavy atom. The summed E-state index contributed by atoms with van der Waals surface area (Å²) < 4.78 is 0. The fourth-order valence-electron chi connectivity index (χ4n) is 2.94. The Balaban J connectivity index is 0.000000980. The number of nitrogens with one attached hydrogen (secondary N) is 2. The average Bonchev–Trinajstić information content (AvgIpc) is 3.32. The summed E-state index contributed by atoms with van der Waals surface area (Å²) in [5.41, 5.74) is 7.86. The molecule has 2 aliphatic rings. The van der Waals surface area contributed by atoms with E-state index in [1.54, 1.807) is 0 Å². The van der Waals surface area contributed by atoms with Gasteiger partial charge in [0, 0.05) is 22.1 Å². The molecule has 3 aromatic heterocycles. The molecule has 0 saturated carbocycles. The molecular weight excluding hydrogens is 397 g/mol. The van der Waals surface area contributed by atoms with Crippen molar-refractivity contribution in [1.82, 2.24) is 19.9 Å². The van der Waals surface area contributed by atoms with E-state index in [1.165, 1.54) is 0 Å². The maximum atomic E-state index is 4.63. The Labute approximate surface area is 167 Å². The molecule has 8 bridgehead atoms. The summed E-state index contributed by atoms with van der Waals surface area (Å²) in [6.45, 7) is 0. The molecule has 6 heteroatoms. The van der Waals surface area contributed by atoms with Gasteiger partial charge in [-0.25, -0.2) is 9.97 Å². The third kappa shape index (κ3) is 3.75. The Morgan fingerprint density at radius 1 is 0.500 bits per heavy atom. The van der Waals surface area contributed by atoms with Crippen molar-refractivity contribution in [2.45, 2.75) is 0 Å². The quantitative estimate of drug-likeness (QED) is 0.299. The van der Waals surface area contributed by atoms with Crippen molar-refractivity contribution in [3.63, 3.8) is 0 Å². The first-order chi connectivity index (χ1) is 11.8. The van der Waals surface area contributed by atoms with Crippen LogP contribution in [0.5, 0.6) is 0 Å². The number of fused-ring (bicyclic) bond motifs is 8. The number of hydrogen-bond donors (Lipinski definition) is 2. The van der Waals surface area contributed by atoms with Crippen LogP contribution in [-0.2, 0) is 0 Å².